The number of carbonyl (C=O) groups is 1. The lowest BCUT2D eigenvalue weighted by Crippen LogP contribution is -2.41. The summed E-state index contributed by atoms with van der Waals surface area (Å²) in [4.78, 5) is 18.4. The molecule has 0 saturated carbocycles. The molecule has 1 aromatic heterocycles. The first-order valence-electron chi connectivity index (χ1n) is 7.49. The van der Waals surface area contributed by atoms with Crippen LogP contribution in [0.4, 0.5) is 5.82 Å². The lowest BCUT2D eigenvalue weighted by Gasteiger charge is -2.26. The first kappa shape index (κ1) is 16.5. The highest BCUT2D eigenvalue weighted by Crippen LogP contribution is 2.27. The van der Waals surface area contributed by atoms with Crippen molar-refractivity contribution in [3.63, 3.8) is 0 Å². The van der Waals surface area contributed by atoms with Crippen molar-refractivity contribution in [3.05, 3.63) is 33.8 Å². The number of pyridine rings is 1. The Labute approximate surface area is 148 Å². The standard InChI is InChI=1S/C16H17BrClN3O2/c17-12-9-11-1-2-14(20-16(11)13(18)10-12)19-4-3-15(22)21-5-7-23-8-6-21/h1-2,9-10H,3-8H2,(H,19,20). The summed E-state index contributed by atoms with van der Waals surface area (Å²) in [6.45, 7) is 3.15. The molecule has 0 aliphatic carbocycles. The Balaban J connectivity index is 1.60. The van der Waals surface area contributed by atoms with Gasteiger partial charge >= 0.3 is 0 Å². The van der Waals surface area contributed by atoms with Crippen molar-refractivity contribution in [1.82, 2.24) is 9.88 Å². The van der Waals surface area contributed by atoms with E-state index in [1.807, 2.05) is 29.2 Å². The van der Waals surface area contributed by atoms with Crippen LogP contribution in [0, 0.1) is 0 Å². The van der Waals surface area contributed by atoms with Gasteiger partial charge in [0.25, 0.3) is 0 Å². The highest BCUT2D eigenvalue weighted by molar-refractivity contribution is 9.10. The van der Waals surface area contributed by atoms with Gasteiger partial charge in [-0.05, 0) is 24.3 Å². The predicted octanol–water partition coefficient (Wildman–Crippen LogP) is 3.31. The van der Waals surface area contributed by atoms with Gasteiger partial charge in [-0.2, -0.15) is 0 Å². The molecule has 0 unspecified atom stereocenters. The number of fused-ring (bicyclic) bond motifs is 1. The Kier molecular flexibility index (Phi) is 5.35. The maximum Gasteiger partial charge on any atom is 0.224 e. The zero-order valence-corrected chi connectivity index (χ0v) is 14.9. The fourth-order valence-corrected chi connectivity index (χ4v) is 3.40. The summed E-state index contributed by atoms with van der Waals surface area (Å²) < 4.78 is 6.17. The second kappa shape index (κ2) is 7.47. The fourth-order valence-electron chi connectivity index (χ4n) is 2.52. The largest absolute Gasteiger partial charge is 0.378 e. The van der Waals surface area contributed by atoms with E-state index in [0.717, 1.165) is 21.2 Å². The van der Waals surface area contributed by atoms with E-state index in [4.69, 9.17) is 16.3 Å². The number of halogens is 2. The molecule has 23 heavy (non-hydrogen) atoms. The molecule has 0 radical (unpaired) electrons. The van der Waals surface area contributed by atoms with Gasteiger partial charge in [0.15, 0.2) is 0 Å². The molecule has 0 atom stereocenters. The molecule has 0 spiro atoms. The van der Waals surface area contributed by atoms with Crippen LogP contribution in [-0.4, -0.2) is 48.6 Å². The van der Waals surface area contributed by atoms with Crippen molar-refractivity contribution in [2.24, 2.45) is 0 Å². The van der Waals surface area contributed by atoms with Gasteiger partial charge in [-0.25, -0.2) is 4.98 Å². The van der Waals surface area contributed by atoms with Gasteiger partial charge in [0.05, 0.1) is 23.8 Å². The average molecular weight is 399 g/mol. The summed E-state index contributed by atoms with van der Waals surface area (Å²) >= 11 is 9.65. The molecule has 3 rings (SSSR count). The van der Waals surface area contributed by atoms with Crippen LogP contribution in [0.15, 0.2) is 28.7 Å². The van der Waals surface area contributed by atoms with Gasteiger partial charge in [0.1, 0.15) is 5.82 Å². The van der Waals surface area contributed by atoms with E-state index in [0.29, 0.717) is 44.3 Å². The van der Waals surface area contributed by atoms with Gasteiger partial charge in [-0.3, -0.25) is 4.79 Å². The van der Waals surface area contributed by atoms with E-state index in [9.17, 15) is 4.79 Å². The van der Waals surface area contributed by atoms with Crippen molar-refractivity contribution in [2.45, 2.75) is 6.42 Å². The van der Waals surface area contributed by atoms with Crippen LogP contribution in [0.3, 0.4) is 0 Å². The SMILES string of the molecule is O=C(CCNc1ccc2cc(Br)cc(Cl)c2n1)N1CCOCC1. The van der Waals surface area contributed by atoms with Crippen LogP contribution in [0.5, 0.6) is 0 Å². The third kappa shape index (κ3) is 4.13. The normalized spacial score (nSPS) is 15.0. The summed E-state index contributed by atoms with van der Waals surface area (Å²) in [6, 6.07) is 7.65. The topological polar surface area (TPSA) is 54.5 Å². The number of hydrogen-bond acceptors (Lipinski definition) is 4. The van der Waals surface area contributed by atoms with Gasteiger partial charge < -0.3 is 15.0 Å². The van der Waals surface area contributed by atoms with Crippen LogP contribution < -0.4 is 5.32 Å². The number of nitrogens with one attached hydrogen (secondary N) is 1. The number of ether oxygens (including phenoxy) is 1. The summed E-state index contributed by atoms with van der Waals surface area (Å²) in [6.07, 6.45) is 0.438. The quantitative estimate of drug-likeness (QED) is 0.858. The van der Waals surface area contributed by atoms with E-state index < -0.39 is 0 Å². The van der Waals surface area contributed by atoms with Crippen LogP contribution in [0.2, 0.25) is 5.02 Å². The highest BCUT2D eigenvalue weighted by Gasteiger charge is 2.16. The molecule has 1 amide bonds. The van der Waals surface area contributed by atoms with Crippen molar-refractivity contribution in [3.8, 4) is 0 Å². The molecule has 1 aliphatic rings. The Hall–Kier alpha value is -1.37. The van der Waals surface area contributed by atoms with E-state index in [-0.39, 0.29) is 5.91 Å². The zero-order chi connectivity index (χ0) is 16.2. The number of hydrogen-bond donors (Lipinski definition) is 1. The van der Waals surface area contributed by atoms with E-state index in [1.165, 1.54) is 0 Å². The van der Waals surface area contributed by atoms with Gasteiger partial charge in [0, 0.05) is 35.9 Å². The van der Waals surface area contributed by atoms with Crippen LogP contribution in [-0.2, 0) is 9.53 Å². The fraction of sp³-hybridized carbons (Fsp3) is 0.375. The van der Waals surface area contributed by atoms with Crippen molar-refractivity contribution >= 4 is 50.2 Å². The van der Waals surface area contributed by atoms with Gasteiger partial charge in [-0.15, -0.1) is 0 Å². The van der Waals surface area contributed by atoms with Gasteiger partial charge in [-0.1, -0.05) is 27.5 Å². The minimum atomic E-state index is 0.142. The summed E-state index contributed by atoms with van der Waals surface area (Å²) in [7, 11) is 0. The highest BCUT2D eigenvalue weighted by atomic mass is 79.9. The smallest absolute Gasteiger partial charge is 0.224 e. The number of amides is 1. The molecule has 1 fully saturated rings. The molecular formula is C16H17BrClN3O2. The summed E-state index contributed by atoms with van der Waals surface area (Å²) in [5, 5.41) is 4.76. The lowest BCUT2D eigenvalue weighted by atomic mass is 10.2. The molecular weight excluding hydrogens is 382 g/mol. The maximum atomic E-state index is 12.1. The third-order valence-corrected chi connectivity index (χ3v) is 4.47. The molecule has 1 N–H and O–H groups in total. The first-order chi connectivity index (χ1) is 11.1. The Morgan fingerprint density at radius 3 is 2.91 bits per heavy atom. The Bertz CT molecular complexity index is 720. The zero-order valence-electron chi connectivity index (χ0n) is 12.5. The van der Waals surface area contributed by atoms with Gasteiger partial charge in [0.2, 0.25) is 5.91 Å². The third-order valence-electron chi connectivity index (χ3n) is 3.72. The molecule has 2 heterocycles. The van der Waals surface area contributed by atoms with Crippen molar-refractivity contribution in [2.75, 3.05) is 38.2 Å². The Morgan fingerprint density at radius 1 is 1.35 bits per heavy atom. The molecule has 5 nitrogen and oxygen atoms in total. The average Bonchev–Trinajstić information content (AvgIpc) is 2.56. The van der Waals surface area contributed by atoms with E-state index in [1.54, 1.807) is 0 Å². The number of aromatic nitrogens is 1. The minimum Gasteiger partial charge on any atom is -0.378 e. The molecule has 1 saturated heterocycles. The monoisotopic (exact) mass is 397 g/mol. The summed E-state index contributed by atoms with van der Waals surface area (Å²) in [5.41, 5.74) is 0.749. The first-order valence-corrected chi connectivity index (χ1v) is 8.66. The second-order valence-electron chi connectivity index (χ2n) is 5.33. The van der Waals surface area contributed by atoms with E-state index in [2.05, 4.69) is 26.2 Å². The number of morpholine rings is 1. The minimum absolute atomic E-state index is 0.142. The molecule has 122 valence electrons. The van der Waals surface area contributed by atoms with Crippen LogP contribution in [0.25, 0.3) is 10.9 Å². The van der Waals surface area contributed by atoms with Crippen LogP contribution in [0.1, 0.15) is 6.42 Å². The number of benzene rings is 1. The number of nitrogens with zero attached hydrogens (tertiary/aromatic N) is 2. The molecule has 1 aromatic carbocycles. The molecule has 2 aromatic rings. The molecule has 7 heteroatoms. The van der Waals surface area contributed by atoms with Crippen molar-refractivity contribution in [1.29, 1.82) is 0 Å². The molecule has 0 bridgehead atoms. The predicted molar refractivity (Wildman–Crippen MR) is 95.0 cm³/mol. The number of rotatable bonds is 4. The summed E-state index contributed by atoms with van der Waals surface area (Å²) in [5.74, 6) is 0.861. The maximum absolute atomic E-state index is 12.1. The number of carbonyl (C=O) groups excluding carboxylic acids is 1. The molecule has 1 aliphatic heterocycles. The van der Waals surface area contributed by atoms with E-state index >= 15 is 0 Å². The van der Waals surface area contributed by atoms with Crippen molar-refractivity contribution < 1.29 is 9.53 Å². The Morgan fingerprint density at radius 2 is 2.13 bits per heavy atom. The van der Waals surface area contributed by atoms with Crippen LogP contribution >= 0.6 is 27.5 Å². The lowest BCUT2D eigenvalue weighted by molar-refractivity contribution is -0.134. The second-order valence-corrected chi connectivity index (χ2v) is 6.65. The number of anilines is 1.